The lowest BCUT2D eigenvalue weighted by atomic mass is 9.45. The highest BCUT2D eigenvalue weighted by molar-refractivity contribution is 9.10. The Morgan fingerprint density at radius 2 is 1.74 bits per heavy atom. The average molecular weight is 546 g/mol. The first-order valence-electron chi connectivity index (χ1n) is 13.6. The summed E-state index contributed by atoms with van der Waals surface area (Å²) in [5, 5.41) is 23.6. The van der Waals surface area contributed by atoms with Gasteiger partial charge in [-0.25, -0.2) is 0 Å². The smallest absolute Gasteiger partial charge is 0.171 e. The number of allylic oxidation sites excluding steroid dienone is 1. The largest absolute Gasteiger partial charge is 0.393 e. The second-order valence-corrected chi connectivity index (χ2v) is 14.3. The fourth-order valence-electron chi connectivity index (χ4n) is 8.58. The van der Waals surface area contributed by atoms with Crippen LogP contribution in [0.5, 0.6) is 0 Å². The monoisotopic (exact) mass is 544 g/mol. The van der Waals surface area contributed by atoms with Gasteiger partial charge < -0.3 is 19.7 Å². The molecule has 2 N–H and O–H groups in total. The molecule has 4 nitrogen and oxygen atoms in total. The SMILES string of the molecule is CC1(C)COC2(CC[C@]3(Cc4ccccc4Br)C4=CC[C@]5(C)[C@@H](O)CC[C@H]5[C@@H]4CC[C@@]3(O)C2)OC1. The molecule has 3 saturated carbocycles. The van der Waals surface area contributed by atoms with Gasteiger partial charge in [-0.15, -0.1) is 0 Å². The third-order valence-corrected chi connectivity index (χ3v) is 11.5. The molecular weight excluding hydrogens is 504 g/mol. The molecule has 0 unspecified atom stereocenters. The summed E-state index contributed by atoms with van der Waals surface area (Å²) in [4.78, 5) is 0. The van der Waals surface area contributed by atoms with Crippen LogP contribution in [-0.2, 0) is 15.9 Å². The van der Waals surface area contributed by atoms with Crippen LogP contribution in [0.3, 0.4) is 0 Å². The maximum Gasteiger partial charge on any atom is 0.171 e. The van der Waals surface area contributed by atoms with Gasteiger partial charge in [0, 0.05) is 33.6 Å². The van der Waals surface area contributed by atoms with Gasteiger partial charge in [-0.05, 0) is 68.4 Å². The first kappa shape index (κ1) is 24.6. The number of ether oxygens (including phenoxy) is 2. The summed E-state index contributed by atoms with van der Waals surface area (Å²) in [6.45, 7) is 8.00. The van der Waals surface area contributed by atoms with Gasteiger partial charge in [-0.2, -0.15) is 0 Å². The van der Waals surface area contributed by atoms with Crippen LogP contribution in [0, 0.1) is 28.1 Å². The summed E-state index contributed by atoms with van der Waals surface area (Å²) < 4.78 is 14.0. The van der Waals surface area contributed by atoms with E-state index in [1.165, 1.54) is 11.1 Å². The van der Waals surface area contributed by atoms with E-state index < -0.39 is 11.4 Å². The van der Waals surface area contributed by atoms with Crippen molar-refractivity contribution in [2.24, 2.45) is 28.1 Å². The molecule has 1 aromatic carbocycles. The highest BCUT2D eigenvalue weighted by Crippen LogP contribution is 2.67. The van der Waals surface area contributed by atoms with Gasteiger partial charge >= 0.3 is 0 Å². The Labute approximate surface area is 218 Å². The van der Waals surface area contributed by atoms with Crippen LogP contribution in [0.4, 0.5) is 0 Å². The number of halogens is 1. The molecule has 1 spiro atoms. The van der Waals surface area contributed by atoms with Crippen molar-refractivity contribution in [1.29, 1.82) is 0 Å². The minimum atomic E-state index is -0.880. The molecule has 1 saturated heterocycles. The summed E-state index contributed by atoms with van der Waals surface area (Å²) in [5.74, 6) is 0.258. The lowest BCUT2D eigenvalue weighted by Gasteiger charge is -2.64. The predicted molar refractivity (Wildman–Crippen MR) is 140 cm³/mol. The number of aliphatic hydroxyl groups excluding tert-OH is 1. The minimum Gasteiger partial charge on any atom is -0.393 e. The Hall–Kier alpha value is -0.720. The Balaban J connectivity index is 1.42. The molecule has 4 fully saturated rings. The van der Waals surface area contributed by atoms with Gasteiger partial charge in [0.25, 0.3) is 0 Å². The number of fused-ring (bicyclic) bond motifs is 5. The van der Waals surface area contributed by atoms with Crippen LogP contribution in [0.15, 0.2) is 40.4 Å². The normalized spacial score (nSPS) is 43.7. The highest BCUT2D eigenvalue weighted by Gasteiger charge is 2.66. The molecule has 0 amide bonds. The van der Waals surface area contributed by atoms with Gasteiger partial charge in [-0.3, -0.25) is 0 Å². The maximum absolute atomic E-state index is 12.7. The molecule has 5 aliphatic rings. The molecular formula is C30H41BrO4. The predicted octanol–water partition coefficient (Wildman–Crippen LogP) is 6.18. The average Bonchev–Trinajstić information content (AvgIpc) is 3.12. The fourth-order valence-corrected chi connectivity index (χ4v) is 9.00. The maximum atomic E-state index is 12.7. The van der Waals surface area contributed by atoms with Crippen molar-refractivity contribution in [3.8, 4) is 0 Å². The first-order valence-corrected chi connectivity index (χ1v) is 14.4. The van der Waals surface area contributed by atoms with Crippen molar-refractivity contribution in [2.45, 2.75) is 96.1 Å². The minimum absolute atomic E-state index is 0.00856. The van der Waals surface area contributed by atoms with Gasteiger partial charge in [0.05, 0.1) is 24.9 Å². The molecule has 1 aromatic rings. The number of benzene rings is 1. The molecule has 0 bridgehead atoms. The number of hydrogen-bond donors (Lipinski definition) is 2. The number of aliphatic hydroxyl groups is 2. The van der Waals surface area contributed by atoms with E-state index in [0.29, 0.717) is 31.5 Å². The van der Waals surface area contributed by atoms with Crippen molar-refractivity contribution >= 4 is 15.9 Å². The topological polar surface area (TPSA) is 58.9 Å². The molecule has 0 radical (unpaired) electrons. The van der Waals surface area contributed by atoms with Crippen molar-refractivity contribution in [3.63, 3.8) is 0 Å². The molecule has 1 heterocycles. The van der Waals surface area contributed by atoms with Gasteiger partial charge in [-0.1, -0.05) is 66.5 Å². The van der Waals surface area contributed by atoms with E-state index in [2.05, 4.69) is 67.0 Å². The molecule has 35 heavy (non-hydrogen) atoms. The van der Waals surface area contributed by atoms with E-state index in [-0.39, 0.29) is 22.3 Å². The highest BCUT2D eigenvalue weighted by atomic mass is 79.9. The zero-order valence-corrected chi connectivity index (χ0v) is 23.1. The standard InChI is InChI=1S/C30H41BrO4/c1-26(2)18-34-30(35-19-26)15-14-28(16-20-6-4-5-7-24(20)31)23-11-12-27(3)22(8-9-25(27)32)21(23)10-13-29(28,33)17-30/h4-7,11,21-22,25,32-33H,8-10,12-19H2,1-3H3/t21-,22-,25-,27-,28-,29+/m0/s1. The van der Waals surface area contributed by atoms with Crippen molar-refractivity contribution in [1.82, 2.24) is 0 Å². The molecule has 0 aromatic heterocycles. The first-order chi connectivity index (χ1) is 16.5. The third-order valence-electron chi connectivity index (χ3n) is 10.7. The van der Waals surface area contributed by atoms with E-state index in [4.69, 9.17) is 9.47 Å². The third kappa shape index (κ3) is 3.66. The Morgan fingerprint density at radius 3 is 2.49 bits per heavy atom. The second kappa shape index (κ2) is 8.14. The van der Waals surface area contributed by atoms with Crippen LogP contribution >= 0.6 is 15.9 Å². The second-order valence-electron chi connectivity index (χ2n) is 13.4. The molecule has 1 aliphatic heterocycles. The Bertz CT molecular complexity index is 1020. The van der Waals surface area contributed by atoms with E-state index in [1.54, 1.807) is 0 Å². The number of rotatable bonds is 2. The lowest BCUT2D eigenvalue weighted by Crippen LogP contribution is -2.66. The summed E-state index contributed by atoms with van der Waals surface area (Å²) in [5.41, 5.74) is 1.48. The molecule has 192 valence electrons. The zero-order chi connectivity index (χ0) is 24.7. The van der Waals surface area contributed by atoms with Crippen LogP contribution in [0.2, 0.25) is 0 Å². The summed E-state index contributed by atoms with van der Waals surface area (Å²) in [7, 11) is 0. The van der Waals surface area contributed by atoms with Crippen LogP contribution in [0.25, 0.3) is 0 Å². The Kier molecular flexibility index (Phi) is 5.72. The van der Waals surface area contributed by atoms with E-state index >= 15 is 0 Å². The summed E-state index contributed by atoms with van der Waals surface area (Å²) in [6.07, 6.45) is 9.90. The van der Waals surface area contributed by atoms with Gasteiger partial charge in [0.2, 0.25) is 0 Å². The Morgan fingerprint density at radius 1 is 1.00 bits per heavy atom. The summed E-state index contributed by atoms with van der Waals surface area (Å²) >= 11 is 3.80. The number of hydrogen-bond acceptors (Lipinski definition) is 4. The zero-order valence-electron chi connectivity index (χ0n) is 21.5. The van der Waals surface area contributed by atoms with E-state index in [9.17, 15) is 10.2 Å². The fraction of sp³-hybridized carbons (Fsp3) is 0.733. The van der Waals surface area contributed by atoms with Crippen LogP contribution < -0.4 is 0 Å². The molecule has 5 heteroatoms. The van der Waals surface area contributed by atoms with Crippen molar-refractivity contribution in [2.75, 3.05) is 13.2 Å². The summed E-state index contributed by atoms with van der Waals surface area (Å²) in [6, 6.07) is 8.49. The quantitative estimate of drug-likeness (QED) is 0.436. The van der Waals surface area contributed by atoms with Crippen molar-refractivity contribution in [3.05, 3.63) is 46.0 Å². The molecule has 6 atom stereocenters. The van der Waals surface area contributed by atoms with Crippen molar-refractivity contribution < 1.29 is 19.7 Å². The van der Waals surface area contributed by atoms with E-state index in [1.807, 2.05) is 0 Å². The van der Waals surface area contributed by atoms with Crippen LogP contribution in [-0.4, -0.2) is 40.9 Å². The van der Waals surface area contributed by atoms with Gasteiger partial charge in [0.15, 0.2) is 5.79 Å². The van der Waals surface area contributed by atoms with Crippen LogP contribution in [0.1, 0.15) is 77.7 Å². The molecule has 4 aliphatic carbocycles. The molecule has 6 rings (SSSR count). The van der Waals surface area contributed by atoms with Gasteiger partial charge in [0.1, 0.15) is 0 Å². The lowest BCUT2D eigenvalue weighted by molar-refractivity contribution is -0.343. The van der Waals surface area contributed by atoms with E-state index in [0.717, 1.165) is 55.8 Å².